The van der Waals surface area contributed by atoms with Crippen molar-refractivity contribution in [3.63, 3.8) is 0 Å². The first-order valence-corrected chi connectivity index (χ1v) is 5.60. The molecule has 1 heterocycles. The van der Waals surface area contributed by atoms with Gasteiger partial charge < -0.3 is 4.74 Å². The van der Waals surface area contributed by atoms with Crippen LogP contribution in [0, 0.1) is 0 Å². The molecule has 0 spiro atoms. The van der Waals surface area contributed by atoms with E-state index in [1.54, 1.807) is 6.92 Å². The molecule has 0 radical (unpaired) electrons. The van der Waals surface area contributed by atoms with Crippen LogP contribution in [0.15, 0.2) is 18.2 Å². The SMILES string of the molecule is CC(=O)c1ccc2c(c1)OC(C)(C)C2(C)C. The van der Waals surface area contributed by atoms with E-state index in [2.05, 4.69) is 27.7 Å². The number of fused-ring (bicyclic) bond motifs is 1. The topological polar surface area (TPSA) is 26.3 Å². The fraction of sp³-hybridized carbons (Fsp3) is 0.500. The number of hydrogen-bond acceptors (Lipinski definition) is 2. The minimum absolute atomic E-state index is 0.0301. The fourth-order valence-corrected chi connectivity index (χ4v) is 2.07. The molecule has 0 aromatic heterocycles. The van der Waals surface area contributed by atoms with Crippen molar-refractivity contribution in [2.24, 2.45) is 0 Å². The van der Waals surface area contributed by atoms with E-state index in [1.807, 2.05) is 18.2 Å². The van der Waals surface area contributed by atoms with E-state index in [0.717, 1.165) is 5.75 Å². The zero-order chi connectivity index (χ0) is 12.1. The largest absolute Gasteiger partial charge is 0.487 e. The first kappa shape index (κ1) is 11.2. The van der Waals surface area contributed by atoms with E-state index in [0.29, 0.717) is 5.56 Å². The quantitative estimate of drug-likeness (QED) is 0.676. The number of carbonyl (C=O) groups is 1. The number of ether oxygens (including phenoxy) is 1. The second kappa shape index (κ2) is 3.09. The molecule has 0 aliphatic carbocycles. The molecule has 0 bridgehead atoms. The number of rotatable bonds is 1. The van der Waals surface area contributed by atoms with Crippen LogP contribution in [0.3, 0.4) is 0 Å². The third kappa shape index (κ3) is 1.36. The van der Waals surface area contributed by atoms with Gasteiger partial charge in [0, 0.05) is 16.5 Å². The number of benzene rings is 1. The third-order valence-electron chi connectivity index (χ3n) is 3.93. The summed E-state index contributed by atoms with van der Waals surface area (Å²) in [5.41, 5.74) is 1.64. The minimum atomic E-state index is -0.231. The Labute approximate surface area is 96.6 Å². The number of ketones is 1. The predicted octanol–water partition coefficient (Wildman–Crippen LogP) is 3.34. The Morgan fingerprint density at radius 3 is 2.38 bits per heavy atom. The molecule has 1 aromatic rings. The second-order valence-electron chi connectivity index (χ2n) is 5.50. The lowest BCUT2D eigenvalue weighted by Crippen LogP contribution is -2.41. The summed E-state index contributed by atoms with van der Waals surface area (Å²) in [5, 5.41) is 0. The average Bonchev–Trinajstić information content (AvgIpc) is 2.32. The molecule has 16 heavy (non-hydrogen) atoms. The lowest BCUT2D eigenvalue weighted by Gasteiger charge is -2.33. The summed E-state index contributed by atoms with van der Waals surface area (Å²) in [7, 11) is 0. The van der Waals surface area contributed by atoms with Crippen molar-refractivity contribution < 1.29 is 9.53 Å². The zero-order valence-corrected chi connectivity index (χ0v) is 10.5. The Hall–Kier alpha value is -1.31. The summed E-state index contributed by atoms with van der Waals surface area (Å²) in [5.74, 6) is 0.927. The van der Waals surface area contributed by atoms with Crippen molar-refractivity contribution in [2.75, 3.05) is 0 Å². The third-order valence-corrected chi connectivity index (χ3v) is 3.93. The van der Waals surface area contributed by atoms with Gasteiger partial charge in [-0.05, 0) is 26.8 Å². The van der Waals surface area contributed by atoms with Crippen molar-refractivity contribution in [1.82, 2.24) is 0 Å². The van der Waals surface area contributed by atoms with Gasteiger partial charge in [-0.25, -0.2) is 0 Å². The van der Waals surface area contributed by atoms with Gasteiger partial charge in [-0.3, -0.25) is 4.79 Å². The van der Waals surface area contributed by atoms with Gasteiger partial charge in [0.2, 0.25) is 0 Å². The molecule has 1 aliphatic rings. The van der Waals surface area contributed by atoms with Crippen LogP contribution in [-0.2, 0) is 5.41 Å². The van der Waals surface area contributed by atoms with Gasteiger partial charge in [0.15, 0.2) is 5.78 Å². The van der Waals surface area contributed by atoms with Crippen molar-refractivity contribution in [2.45, 2.75) is 45.6 Å². The molecule has 1 aromatic carbocycles. The van der Waals surface area contributed by atoms with Gasteiger partial charge in [0.05, 0.1) is 0 Å². The highest BCUT2D eigenvalue weighted by Gasteiger charge is 2.47. The van der Waals surface area contributed by atoms with Gasteiger partial charge in [0.1, 0.15) is 11.4 Å². The standard InChI is InChI=1S/C14H18O2/c1-9(15)10-6-7-11-12(8-10)16-14(4,5)13(11,2)3/h6-8H,1-5H3. The Balaban J connectivity index is 2.56. The predicted molar refractivity (Wildman–Crippen MR) is 64.2 cm³/mol. The maximum Gasteiger partial charge on any atom is 0.159 e. The molecular weight excluding hydrogens is 200 g/mol. The first-order chi connectivity index (χ1) is 7.25. The van der Waals surface area contributed by atoms with Crippen LogP contribution in [0.4, 0.5) is 0 Å². The maximum atomic E-state index is 11.3. The van der Waals surface area contributed by atoms with E-state index < -0.39 is 0 Å². The van der Waals surface area contributed by atoms with Crippen molar-refractivity contribution in [1.29, 1.82) is 0 Å². The average molecular weight is 218 g/mol. The van der Waals surface area contributed by atoms with Crippen LogP contribution >= 0.6 is 0 Å². The number of Topliss-reactive ketones (excluding diaryl/α,β-unsaturated/α-hetero) is 1. The molecule has 0 saturated carbocycles. The van der Waals surface area contributed by atoms with Gasteiger partial charge in [0.25, 0.3) is 0 Å². The highest BCUT2D eigenvalue weighted by atomic mass is 16.5. The van der Waals surface area contributed by atoms with Crippen LogP contribution in [-0.4, -0.2) is 11.4 Å². The Morgan fingerprint density at radius 2 is 1.81 bits per heavy atom. The summed E-state index contributed by atoms with van der Waals surface area (Å²) < 4.78 is 5.95. The van der Waals surface area contributed by atoms with Crippen LogP contribution in [0.25, 0.3) is 0 Å². The Kier molecular flexibility index (Phi) is 2.16. The molecule has 0 saturated heterocycles. The zero-order valence-electron chi connectivity index (χ0n) is 10.5. The fourth-order valence-electron chi connectivity index (χ4n) is 2.07. The molecule has 1 aliphatic heterocycles. The van der Waals surface area contributed by atoms with E-state index in [1.165, 1.54) is 5.56 Å². The van der Waals surface area contributed by atoms with Crippen molar-refractivity contribution in [3.8, 4) is 5.75 Å². The lowest BCUT2D eigenvalue weighted by atomic mass is 9.74. The summed E-state index contributed by atoms with van der Waals surface area (Å²) in [6, 6.07) is 5.75. The summed E-state index contributed by atoms with van der Waals surface area (Å²) >= 11 is 0. The molecule has 2 nitrogen and oxygen atoms in total. The lowest BCUT2D eigenvalue weighted by molar-refractivity contribution is 0.0711. The molecule has 2 rings (SSSR count). The van der Waals surface area contributed by atoms with Crippen LogP contribution < -0.4 is 4.74 Å². The molecule has 2 heteroatoms. The number of hydrogen-bond donors (Lipinski definition) is 0. The van der Waals surface area contributed by atoms with E-state index in [-0.39, 0.29) is 16.8 Å². The van der Waals surface area contributed by atoms with Crippen LogP contribution in [0.1, 0.15) is 50.5 Å². The van der Waals surface area contributed by atoms with Gasteiger partial charge in [-0.15, -0.1) is 0 Å². The molecule has 0 fully saturated rings. The van der Waals surface area contributed by atoms with E-state index in [9.17, 15) is 4.79 Å². The monoisotopic (exact) mass is 218 g/mol. The van der Waals surface area contributed by atoms with E-state index >= 15 is 0 Å². The van der Waals surface area contributed by atoms with Gasteiger partial charge in [-0.2, -0.15) is 0 Å². The van der Waals surface area contributed by atoms with E-state index in [4.69, 9.17) is 4.74 Å². The molecule has 86 valence electrons. The van der Waals surface area contributed by atoms with Crippen LogP contribution in [0.5, 0.6) is 5.75 Å². The van der Waals surface area contributed by atoms with Crippen molar-refractivity contribution in [3.05, 3.63) is 29.3 Å². The molecule has 0 atom stereocenters. The summed E-state index contributed by atoms with van der Waals surface area (Å²) in [6.07, 6.45) is 0. The van der Waals surface area contributed by atoms with Gasteiger partial charge >= 0.3 is 0 Å². The molecular formula is C14H18O2. The second-order valence-corrected chi connectivity index (χ2v) is 5.50. The normalized spacial score (nSPS) is 20.1. The first-order valence-electron chi connectivity index (χ1n) is 5.60. The molecule has 0 unspecified atom stereocenters. The van der Waals surface area contributed by atoms with Crippen LogP contribution in [0.2, 0.25) is 0 Å². The van der Waals surface area contributed by atoms with Crippen molar-refractivity contribution >= 4 is 5.78 Å². The summed E-state index contributed by atoms with van der Waals surface area (Å²) in [6.45, 7) is 10.1. The Bertz CT molecular complexity index is 456. The summed E-state index contributed by atoms with van der Waals surface area (Å²) in [4.78, 5) is 11.3. The smallest absolute Gasteiger partial charge is 0.159 e. The highest BCUT2D eigenvalue weighted by molar-refractivity contribution is 5.94. The maximum absolute atomic E-state index is 11.3. The number of carbonyl (C=O) groups excluding carboxylic acids is 1. The minimum Gasteiger partial charge on any atom is -0.487 e. The van der Waals surface area contributed by atoms with Gasteiger partial charge in [-0.1, -0.05) is 26.0 Å². The Morgan fingerprint density at radius 1 is 1.19 bits per heavy atom. The molecule has 0 amide bonds. The molecule has 0 N–H and O–H groups in total. The highest BCUT2D eigenvalue weighted by Crippen LogP contribution is 2.48.